The molecule has 0 atom stereocenters. The molecule has 0 fully saturated rings. The fourth-order valence-corrected chi connectivity index (χ4v) is 1.79. The molecule has 0 aliphatic heterocycles. The summed E-state index contributed by atoms with van der Waals surface area (Å²) in [6, 6.07) is 10.6. The monoisotopic (exact) mass is 287 g/mol. The van der Waals surface area contributed by atoms with Crippen LogP contribution in [0.1, 0.15) is 21.5 Å². The van der Waals surface area contributed by atoms with Crippen LogP contribution in [0.15, 0.2) is 42.5 Å². The van der Waals surface area contributed by atoms with Crippen molar-refractivity contribution in [1.29, 1.82) is 5.41 Å². The highest BCUT2D eigenvalue weighted by molar-refractivity contribution is 5.95. The smallest absolute Gasteiger partial charge is 0.335 e. The van der Waals surface area contributed by atoms with E-state index in [4.69, 9.17) is 16.2 Å². The van der Waals surface area contributed by atoms with E-state index >= 15 is 0 Å². The third-order valence-electron chi connectivity index (χ3n) is 2.96. The molecule has 0 unspecified atom stereocenters. The number of carboxylic acids is 1. The average molecular weight is 287 g/mol. The van der Waals surface area contributed by atoms with Crippen molar-refractivity contribution in [3.63, 3.8) is 0 Å². The van der Waals surface area contributed by atoms with Crippen LogP contribution < -0.4 is 11.1 Å². The van der Waals surface area contributed by atoms with Gasteiger partial charge in [-0.3, -0.25) is 5.41 Å². The highest BCUT2D eigenvalue weighted by Crippen LogP contribution is 2.17. The van der Waals surface area contributed by atoms with Gasteiger partial charge in [0.2, 0.25) is 0 Å². The van der Waals surface area contributed by atoms with Gasteiger partial charge >= 0.3 is 5.97 Å². The zero-order valence-electron chi connectivity index (χ0n) is 11.1. The van der Waals surface area contributed by atoms with Gasteiger partial charge in [0.15, 0.2) is 0 Å². The summed E-state index contributed by atoms with van der Waals surface area (Å²) in [6.45, 7) is 0.357. The zero-order chi connectivity index (χ0) is 15.4. The number of nitrogens with one attached hydrogen (secondary N) is 2. The molecular weight excluding hydrogens is 273 g/mol. The molecule has 0 saturated carbocycles. The molecule has 0 aliphatic carbocycles. The predicted molar refractivity (Wildman–Crippen MR) is 78.1 cm³/mol. The molecule has 0 aliphatic rings. The molecule has 0 radical (unpaired) electrons. The number of aromatic carboxylic acids is 1. The van der Waals surface area contributed by atoms with E-state index in [2.05, 4.69) is 5.32 Å². The summed E-state index contributed by atoms with van der Waals surface area (Å²) in [5.41, 5.74) is 6.93. The zero-order valence-corrected chi connectivity index (χ0v) is 11.1. The standard InChI is InChI=1S/C15H14FN3O2/c16-12-7-11(14(17)18)5-6-13(12)19-8-9-1-3-10(4-2-9)15(20)21/h1-7,19H,8H2,(H3,17,18)(H,20,21). The van der Waals surface area contributed by atoms with E-state index in [9.17, 15) is 9.18 Å². The molecule has 108 valence electrons. The average Bonchev–Trinajstić information content (AvgIpc) is 2.46. The minimum absolute atomic E-state index is 0.190. The van der Waals surface area contributed by atoms with Gasteiger partial charge in [0.05, 0.1) is 11.3 Å². The molecule has 0 spiro atoms. The third kappa shape index (κ3) is 3.56. The molecular formula is C15H14FN3O2. The van der Waals surface area contributed by atoms with Crippen molar-refractivity contribution in [3.8, 4) is 0 Å². The summed E-state index contributed by atoms with van der Waals surface area (Å²) in [5.74, 6) is -1.67. The first kappa shape index (κ1) is 14.5. The minimum Gasteiger partial charge on any atom is -0.478 e. The van der Waals surface area contributed by atoms with Gasteiger partial charge < -0.3 is 16.2 Å². The number of carboxylic acid groups (broad SMARTS) is 1. The first-order chi connectivity index (χ1) is 9.97. The van der Waals surface area contributed by atoms with E-state index in [1.807, 2.05) is 0 Å². The lowest BCUT2D eigenvalue weighted by atomic mass is 10.1. The third-order valence-corrected chi connectivity index (χ3v) is 2.96. The minimum atomic E-state index is -0.986. The molecule has 0 bridgehead atoms. The van der Waals surface area contributed by atoms with Gasteiger partial charge in [-0.15, -0.1) is 0 Å². The highest BCUT2D eigenvalue weighted by Gasteiger charge is 2.06. The molecule has 2 rings (SSSR count). The Morgan fingerprint density at radius 1 is 1.19 bits per heavy atom. The molecule has 5 nitrogen and oxygen atoms in total. The van der Waals surface area contributed by atoms with Gasteiger partial charge in [-0.2, -0.15) is 0 Å². The topological polar surface area (TPSA) is 99.2 Å². The number of amidine groups is 1. The summed E-state index contributed by atoms with van der Waals surface area (Å²) in [4.78, 5) is 10.7. The van der Waals surface area contributed by atoms with Crippen LogP contribution in [-0.4, -0.2) is 16.9 Å². The first-order valence-corrected chi connectivity index (χ1v) is 6.17. The van der Waals surface area contributed by atoms with Crippen LogP contribution in [0.3, 0.4) is 0 Å². The molecule has 0 aromatic heterocycles. The number of hydrogen-bond acceptors (Lipinski definition) is 3. The maximum atomic E-state index is 13.8. The van der Waals surface area contributed by atoms with Gasteiger partial charge in [0.1, 0.15) is 11.7 Å². The van der Waals surface area contributed by atoms with Crippen LogP contribution in [-0.2, 0) is 6.54 Å². The first-order valence-electron chi connectivity index (χ1n) is 6.17. The maximum Gasteiger partial charge on any atom is 0.335 e. The predicted octanol–water partition coefficient (Wildman–Crippen LogP) is 2.42. The van der Waals surface area contributed by atoms with E-state index in [0.717, 1.165) is 5.56 Å². The normalized spacial score (nSPS) is 10.1. The van der Waals surface area contributed by atoms with Crippen LogP contribution >= 0.6 is 0 Å². The van der Waals surface area contributed by atoms with Gasteiger partial charge in [0.25, 0.3) is 0 Å². The number of benzene rings is 2. The van der Waals surface area contributed by atoms with E-state index in [-0.39, 0.29) is 11.4 Å². The van der Waals surface area contributed by atoms with Gasteiger partial charge in [-0.05, 0) is 35.9 Å². The maximum absolute atomic E-state index is 13.8. The van der Waals surface area contributed by atoms with Crippen molar-refractivity contribution in [2.45, 2.75) is 6.54 Å². The molecule has 0 heterocycles. The summed E-state index contributed by atoms with van der Waals surface area (Å²) in [5, 5.41) is 18.9. The van der Waals surface area contributed by atoms with E-state index < -0.39 is 11.8 Å². The Bertz CT molecular complexity index is 684. The van der Waals surface area contributed by atoms with E-state index in [0.29, 0.717) is 17.8 Å². The Morgan fingerprint density at radius 2 is 1.81 bits per heavy atom. The number of carbonyl (C=O) groups is 1. The molecule has 5 N–H and O–H groups in total. The van der Waals surface area contributed by atoms with Crippen molar-refractivity contribution in [3.05, 3.63) is 65.0 Å². The van der Waals surface area contributed by atoms with Gasteiger partial charge in [-0.25, -0.2) is 9.18 Å². The molecule has 21 heavy (non-hydrogen) atoms. The second-order valence-electron chi connectivity index (χ2n) is 4.46. The number of nitrogens with two attached hydrogens (primary N) is 1. The second kappa shape index (κ2) is 6.04. The Labute approximate surface area is 120 Å². The number of hydrogen-bond donors (Lipinski definition) is 4. The lowest BCUT2D eigenvalue weighted by molar-refractivity contribution is 0.0697. The van der Waals surface area contributed by atoms with E-state index in [1.54, 1.807) is 18.2 Å². The van der Waals surface area contributed by atoms with Crippen molar-refractivity contribution in [2.75, 3.05) is 5.32 Å². The quantitative estimate of drug-likeness (QED) is 0.501. The van der Waals surface area contributed by atoms with Crippen LogP contribution in [0.25, 0.3) is 0 Å². The van der Waals surface area contributed by atoms with E-state index in [1.165, 1.54) is 24.3 Å². The van der Waals surface area contributed by atoms with Crippen molar-refractivity contribution in [1.82, 2.24) is 0 Å². The van der Waals surface area contributed by atoms with Crippen molar-refractivity contribution in [2.24, 2.45) is 5.73 Å². The molecule has 2 aromatic carbocycles. The Kier molecular flexibility index (Phi) is 4.18. The molecule has 6 heteroatoms. The van der Waals surface area contributed by atoms with Crippen LogP contribution in [0.5, 0.6) is 0 Å². The van der Waals surface area contributed by atoms with Crippen LogP contribution in [0.4, 0.5) is 10.1 Å². The highest BCUT2D eigenvalue weighted by atomic mass is 19.1. The van der Waals surface area contributed by atoms with Gasteiger partial charge in [-0.1, -0.05) is 12.1 Å². The Balaban J connectivity index is 2.06. The Morgan fingerprint density at radius 3 is 2.33 bits per heavy atom. The number of anilines is 1. The number of halogens is 1. The lowest BCUT2D eigenvalue weighted by Crippen LogP contribution is -2.11. The second-order valence-corrected chi connectivity index (χ2v) is 4.46. The Hall–Kier alpha value is -2.89. The van der Waals surface area contributed by atoms with Crippen LogP contribution in [0, 0.1) is 11.2 Å². The van der Waals surface area contributed by atoms with Crippen LogP contribution in [0.2, 0.25) is 0 Å². The summed E-state index contributed by atoms with van der Waals surface area (Å²) in [6.07, 6.45) is 0. The fourth-order valence-electron chi connectivity index (χ4n) is 1.79. The fraction of sp³-hybridized carbons (Fsp3) is 0.0667. The summed E-state index contributed by atoms with van der Waals surface area (Å²) >= 11 is 0. The largest absolute Gasteiger partial charge is 0.478 e. The molecule has 2 aromatic rings. The molecule has 0 amide bonds. The molecule has 0 saturated heterocycles. The SMILES string of the molecule is N=C(N)c1ccc(NCc2ccc(C(=O)O)cc2)c(F)c1. The number of rotatable bonds is 5. The number of nitrogen functional groups attached to an aromatic ring is 1. The summed E-state index contributed by atoms with van der Waals surface area (Å²) in [7, 11) is 0. The van der Waals surface area contributed by atoms with Gasteiger partial charge in [0, 0.05) is 12.1 Å². The summed E-state index contributed by atoms with van der Waals surface area (Å²) < 4.78 is 13.8. The lowest BCUT2D eigenvalue weighted by Gasteiger charge is -2.09. The van der Waals surface area contributed by atoms with Crippen molar-refractivity contribution >= 4 is 17.5 Å². The van der Waals surface area contributed by atoms with Crippen molar-refractivity contribution < 1.29 is 14.3 Å².